The molecule has 0 bridgehead atoms. The van der Waals surface area contributed by atoms with Crippen LogP contribution in [0.5, 0.6) is 5.75 Å². The van der Waals surface area contributed by atoms with Gasteiger partial charge in [-0.2, -0.15) is 0 Å². The van der Waals surface area contributed by atoms with Crippen molar-refractivity contribution in [1.29, 1.82) is 0 Å². The first kappa shape index (κ1) is 23.8. The third-order valence-corrected chi connectivity index (χ3v) is 7.48. The van der Waals surface area contributed by atoms with Crippen LogP contribution in [0.2, 0.25) is 0 Å². The van der Waals surface area contributed by atoms with Crippen LogP contribution in [0.3, 0.4) is 0 Å². The summed E-state index contributed by atoms with van der Waals surface area (Å²) in [6.07, 6.45) is 5.46. The van der Waals surface area contributed by atoms with Gasteiger partial charge in [0.2, 0.25) is 0 Å². The lowest BCUT2D eigenvalue weighted by Crippen LogP contribution is -2.14. The lowest BCUT2D eigenvalue weighted by atomic mass is 9.93. The van der Waals surface area contributed by atoms with Crippen molar-refractivity contribution in [2.75, 3.05) is 0 Å². The Kier molecular flexibility index (Phi) is 5.71. The van der Waals surface area contributed by atoms with E-state index in [9.17, 15) is 24.2 Å². The number of phenols is 1. The van der Waals surface area contributed by atoms with Gasteiger partial charge >= 0.3 is 5.97 Å². The molecule has 1 aromatic heterocycles. The zero-order valence-corrected chi connectivity index (χ0v) is 20.7. The van der Waals surface area contributed by atoms with Gasteiger partial charge < -0.3 is 10.2 Å². The summed E-state index contributed by atoms with van der Waals surface area (Å²) in [5.41, 5.74) is 5.90. The highest BCUT2D eigenvalue weighted by Gasteiger charge is 2.24. The molecule has 0 radical (unpaired) electrons. The number of carbonyl (C=O) groups is 1. The second-order valence-corrected chi connectivity index (χ2v) is 9.84. The Morgan fingerprint density at radius 1 is 0.974 bits per heavy atom. The lowest BCUT2D eigenvalue weighted by Gasteiger charge is -2.14. The molecule has 4 aromatic rings. The van der Waals surface area contributed by atoms with Crippen LogP contribution in [-0.2, 0) is 25.7 Å². The zero-order valence-electron chi connectivity index (χ0n) is 20.7. The molecule has 2 aliphatic carbocycles. The molecule has 0 unspecified atom stereocenters. The first-order valence-electron chi connectivity index (χ1n) is 12.6. The van der Waals surface area contributed by atoms with Gasteiger partial charge in [0.1, 0.15) is 11.5 Å². The van der Waals surface area contributed by atoms with Crippen LogP contribution < -0.4 is 5.56 Å². The van der Waals surface area contributed by atoms with Crippen molar-refractivity contribution in [2.45, 2.75) is 45.4 Å². The second-order valence-electron chi connectivity index (χ2n) is 9.84. The van der Waals surface area contributed by atoms with E-state index in [1.165, 1.54) is 27.9 Å². The molecule has 3 N–H and O–H groups in total. The van der Waals surface area contributed by atoms with E-state index < -0.39 is 17.3 Å². The minimum absolute atomic E-state index is 0.127. The molecule has 0 fully saturated rings. The number of carboxylic acids is 1. The van der Waals surface area contributed by atoms with Crippen molar-refractivity contribution in [2.24, 2.45) is 10.2 Å². The topological polar surface area (TPSA) is 120 Å². The maximum Gasteiger partial charge on any atom is 0.338 e. The predicted molar refractivity (Wildman–Crippen MR) is 140 cm³/mol. The number of carboxylic acid groups (broad SMARTS) is 1. The van der Waals surface area contributed by atoms with E-state index in [2.05, 4.69) is 21.4 Å². The number of aryl methyl sites for hydroxylation is 4. The Balaban J connectivity index is 1.42. The Bertz CT molecular complexity index is 1720. The molecule has 3 aromatic carbocycles. The number of aromatic carboxylic acids is 1. The van der Waals surface area contributed by atoms with E-state index in [1.807, 2.05) is 12.1 Å². The van der Waals surface area contributed by atoms with Crippen LogP contribution in [0.15, 0.2) is 57.5 Å². The van der Waals surface area contributed by atoms with E-state index in [4.69, 9.17) is 0 Å². The summed E-state index contributed by atoms with van der Waals surface area (Å²) in [5.74, 6) is -2.43. The van der Waals surface area contributed by atoms with Gasteiger partial charge in [-0.3, -0.25) is 9.89 Å². The fraction of sp³-hybridized carbons (Fsp3) is 0.241. The largest absolute Gasteiger partial charge is 0.505 e. The number of nitrogens with one attached hydrogen (secondary N) is 1. The SMILES string of the molecule is Cc1[nH]n(-c2ccc3c(c2)CCC3)c(=O)c1N=Nc1cc2c(c(-c3ccc(F)c(C(=O)O)c3)c1O)CCC2. The van der Waals surface area contributed by atoms with Gasteiger partial charge in [0, 0.05) is 5.56 Å². The molecule has 0 spiro atoms. The van der Waals surface area contributed by atoms with Crippen molar-refractivity contribution in [3.05, 3.63) is 92.1 Å². The molecule has 9 heteroatoms. The number of benzene rings is 3. The molecule has 192 valence electrons. The first-order chi connectivity index (χ1) is 18.3. The highest BCUT2D eigenvalue weighted by Crippen LogP contribution is 2.45. The monoisotopic (exact) mass is 512 g/mol. The Morgan fingerprint density at radius 3 is 2.55 bits per heavy atom. The Labute approximate surface area is 217 Å². The highest BCUT2D eigenvalue weighted by molar-refractivity contribution is 5.91. The van der Waals surface area contributed by atoms with Crippen molar-refractivity contribution >= 4 is 17.3 Å². The lowest BCUT2D eigenvalue weighted by molar-refractivity contribution is 0.0692. The smallest absolute Gasteiger partial charge is 0.338 e. The molecule has 0 atom stereocenters. The van der Waals surface area contributed by atoms with Crippen LogP contribution in [0.25, 0.3) is 16.8 Å². The van der Waals surface area contributed by atoms with Crippen LogP contribution in [0, 0.1) is 12.7 Å². The van der Waals surface area contributed by atoms with Gasteiger partial charge in [-0.25, -0.2) is 13.9 Å². The molecular weight excluding hydrogens is 487 g/mol. The van der Waals surface area contributed by atoms with E-state index >= 15 is 0 Å². The number of aromatic amines is 1. The average Bonchev–Trinajstić information content (AvgIpc) is 3.62. The fourth-order valence-corrected chi connectivity index (χ4v) is 5.59. The summed E-state index contributed by atoms with van der Waals surface area (Å²) < 4.78 is 15.5. The molecule has 0 saturated heterocycles. The van der Waals surface area contributed by atoms with Gasteiger partial charge in [-0.05, 0) is 104 Å². The molecule has 38 heavy (non-hydrogen) atoms. The van der Waals surface area contributed by atoms with Crippen molar-refractivity contribution in [1.82, 2.24) is 9.78 Å². The van der Waals surface area contributed by atoms with Crippen molar-refractivity contribution in [3.8, 4) is 22.6 Å². The predicted octanol–water partition coefficient (Wildman–Crippen LogP) is 6.08. The van der Waals surface area contributed by atoms with Crippen LogP contribution in [0.1, 0.15) is 51.1 Å². The quantitative estimate of drug-likeness (QED) is 0.281. The number of aromatic hydroxyl groups is 1. The van der Waals surface area contributed by atoms with Crippen molar-refractivity contribution < 1.29 is 19.4 Å². The van der Waals surface area contributed by atoms with Gasteiger partial charge in [0.15, 0.2) is 11.4 Å². The summed E-state index contributed by atoms with van der Waals surface area (Å²) in [6, 6.07) is 11.5. The van der Waals surface area contributed by atoms with Crippen LogP contribution in [-0.4, -0.2) is 26.0 Å². The number of hydrogen-bond donors (Lipinski definition) is 3. The number of halogens is 1. The number of hydrogen-bond acceptors (Lipinski definition) is 5. The molecule has 0 saturated carbocycles. The maximum absolute atomic E-state index is 14.1. The van der Waals surface area contributed by atoms with Crippen LogP contribution in [0.4, 0.5) is 15.8 Å². The zero-order chi connectivity index (χ0) is 26.6. The average molecular weight is 513 g/mol. The van der Waals surface area contributed by atoms with E-state index in [0.717, 1.165) is 55.0 Å². The maximum atomic E-state index is 14.1. The standard InChI is InChI=1S/C29H25FN4O4/c1-15-26(28(36)34(33-15)20-10-8-16-4-2-5-17(16)12-20)32-31-24-14-18-6-3-7-21(18)25(27(24)35)19-9-11-23(30)22(13-19)29(37)38/h8-14,33,35H,2-7H2,1H3,(H,37,38). The Hall–Kier alpha value is -4.53. The number of rotatable bonds is 5. The number of fused-ring (bicyclic) bond motifs is 2. The van der Waals surface area contributed by atoms with Gasteiger partial charge in [0.05, 0.1) is 16.9 Å². The third kappa shape index (κ3) is 3.91. The number of nitrogens with zero attached hydrogens (tertiary/aromatic N) is 3. The molecule has 8 nitrogen and oxygen atoms in total. The number of aromatic nitrogens is 2. The summed E-state index contributed by atoms with van der Waals surface area (Å²) in [7, 11) is 0. The van der Waals surface area contributed by atoms with Gasteiger partial charge in [0.25, 0.3) is 5.56 Å². The fourth-order valence-electron chi connectivity index (χ4n) is 5.59. The van der Waals surface area contributed by atoms with E-state index in [-0.39, 0.29) is 22.7 Å². The van der Waals surface area contributed by atoms with Crippen LogP contribution >= 0.6 is 0 Å². The third-order valence-electron chi connectivity index (χ3n) is 7.48. The second kappa shape index (κ2) is 9.09. The minimum Gasteiger partial charge on any atom is -0.505 e. The molecule has 0 amide bonds. The van der Waals surface area contributed by atoms with E-state index in [1.54, 1.807) is 13.0 Å². The minimum atomic E-state index is -1.39. The summed E-state index contributed by atoms with van der Waals surface area (Å²) in [6.45, 7) is 1.74. The number of azo groups is 1. The van der Waals surface area contributed by atoms with Gasteiger partial charge in [-0.1, -0.05) is 12.1 Å². The molecule has 1 heterocycles. The van der Waals surface area contributed by atoms with Crippen molar-refractivity contribution in [3.63, 3.8) is 0 Å². The summed E-state index contributed by atoms with van der Waals surface area (Å²) in [5, 5.41) is 32.1. The molecule has 0 aliphatic heterocycles. The summed E-state index contributed by atoms with van der Waals surface area (Å²) in [4.78, 5) is 24.7. The number of H-pyrrole nitrogens is 1. The first-order valence-corrected chi connectivity index (χ1v) is 12.6. The molecular formula is C29H25FN4O4. The Morgan fingerprint density at radius 2 is 1.74 bits per heavy atom. The molecule has 6 rings (SSSR count). The van der Waals surface area contributed by atoms with E-state index in [0.29, 0.717) is 23.2 Å². The number of phenolic OH excluding ortho intramolecular Hbond substituents is 1. The summed E-state index contributed by atoms with van der Waals surface area (Å²) >= 11 is 0. The van der Waals surface area contributed by atoms with Gasteiger partial charge in [-0.15, -0.1) is 10.2 Å². The normalized spacial score (nSPS) is 14.3. The molecule has 2 aliphatic rings. The highest BCUT2D eigenvalue weighted by atomic mass is 19.1.